The fourth-order valence-electron chi connectivity index (χ4n) is 3.15. The Morgan fingerprint density at radius 2 is 1.87 bits per heavy atom. The zero-order valence-electron chi connectivity index (χ0n) is 20.1. The number of carbonyl (C=O) groups is 2. The summed E-state index contributed by atoms with van der Waals surface area (Å²) in [6.07, 6.45) is 1.65. The summed E-state index contributed by atoms with van der Waals surface area (Å²) in [5.41, 5.74) is 2.35. The molecule has 0 aliphatic heterocycles. The van der Waals surface area contributed by atoms with Crippen LogP contribution in [0.15, 0.2) is 59.5 Å². The molecular formula is C24H31N5O8S. The third-order valence-electron chi connectivity index (χ3n) is 4.93. The molecule has 1 atom stereocenters. The van der Waals surface area contributed by atoms with Crippen molar-refractivity contribution in [1.82, 2.24) is 10.3 Å². The van der Waals surface area contributed by atoms with Crippen LogP contribution in [0.5, 0.6) is 5.75 Å². The molecule has 13 nitrogen and oxygen atoms in total. The number of aromatic nitrogens is 1. The van der Waals surface area contributed by atoms with Crippen molar-refractivity contribution in [2.45, 2.75) is 33.4 Å². The van der Waals surface area contributed by atoms with Gasteiger partial charge >= 0.3 is 22.4 Å². The second-order valence-corrected chi connectivity index (χ2v) is 8.85. The van der Waals surface area contributed by atoms with Crippen LogP contribution in [0.1, 0.15) is 26.3 Å². The predicted molar refractivity (Wildman–Crippen MR) is 141 cm³/mol. The molecule has 3 aromatic rings. The van der Waals surface area contributed by atoms with Gasteiger partial charge in [0, 0.05) is 24.0 Å². The number of alkyl carbamates (subject to hydrolysis) is 1. The van der Waals surface area contributed by atoms with E-state index in [4.69, 9.17) is 19.0 Å². The van der Waals surface area contributed by atoms with E-state index in [0.29, 0.717) is 40.4 Å². The number of rotatable bonds is 11. The molecule has 0 spiro atoms. The number of anilines is 2. The fraction of sp³-hybridized carbons (Fsp3) is 0.292. The van der Waals surface area contributed by atoms with E-state index < -0.39 is 28.5 Å². The lowest BCUT2D eigenvalue weighted by Gasteiger charge is -2.16. The second kappa shape index (κ2) is 14.0. The largest absolute Gasteiger partial charge is 0.496 e. The first kappa shape index (κ1) is 30.1. The van der Waals surface area contributed by atoms with Crippen molar-refractivity contribution in [2.75, 3.05) is 24.4 Å². The minimum Gasteiger partial charge on any atom is -0.496 e. The summed E-state index contributed by atoms with van der Waals surface area (Å²) >= 11 is 0. The van der Waals surface area contributed by atoms with Gasteiger partial charge in [0.2, 0.25) is 0 Å². The number of nitrogens with one attached hydrogen (secondary N) is 3. The van der Waals surface area contributed by atoms with Crippen LogP contribution in [0.3, 0.4) is 0 Å². The van der Waals surface area contributed by atoms with Crippen molar-refractivity contribution >= 4 is 33.8 Å². The molecule has 38 heavy (non-hydrogen) atoms. The number of oxazole rings is 1. The molecule has 2 aromatic carbocycles. The van der Waals surface area contributed by atoms with Gasteiger partial charge in [0.1, 0.15) is 18.5 Å². The highest BCUT2D eigenvalue weighted by Gasteiger charge is 2.16. The third kappa shape index (κ3) is 9.38. The summed E-state index contributed by atoms with van der Waals surface area (Å²) < 4.78 is 42.1. The summed E-state index contributed by atoms with van der Waals surface area (Å²) in [6, 6.07) is 11.4. The van der Waals surface area contributed by atoms with E-state index in [1.165, 1.54) is 13.5 Å². The fourth-order valence-corrected chi connectivity index (χ4v) is 3.49. The standard InChI is InChI=1S/C23H27N5O8S.CH4/c1-3-18(13-35-37(24,31)32)36-23(30)26-11-15-5-4-6-16(9-15)27-22(29)28-17-7-8-19(20(10-17)33-2)21-12-25-14-34-21;/h4-10,12,14,18H,3,11,13H2,1-2H3,(H,26,30)(H2,24,31,32)(H2,27,28,29);1H4. The van der Waals surface area contributed by atoms with E-state index >= 15 is 0 Å². The maximum absolute atomic E-state index is 12.5. The maximum atomic E-state index is 12.5. The number of nitrogens with two attached hydrogens (primary N) is 1. The molecule has 1 heterocycles. The first-order valence-electron chi connectivity index (χ1n) is 11.0. The zero-order valence-corrected chi connectivity index (χ0v) is 20.9. The van der Waals surface area contributed by atoms with Gasteiger partial charge < -0.3 is 29.8 Å². The van der Waals surface area contributed by atoms with Gasteiger partial charge in [0.25, 0.3) is 0 Å². The highest BCUT2D eigenvalue weighted by atomic mass is 32.2. The van der Waals surface area contributed by atoms with Crippen LogP contribution in [0.2, 0.25) is 0 Å². The van der Waals surface area contributed by atoms with E-state index in [9.17, 15) is 18.0 Å². The lowest BCUT2D eigenvalue weighted by Crippen LogP contribution is -2.32. The van der Waals surface area contributed by atoms with Gasteiger partial charge in [-0.3, -0.25) is 4.18 Å². The molecule has 0 saturated heterocycles. The average Bonchev–Trinajstić information content (AvgIpc) is 3.39. The molecule has 1 unspecified atom stereocenters. The highest BCUT2D eigenvalue weighted by molar-refractivity contribution is 7.84. The van der Waals surface area contributed by atoms with Gasteiger partial charge in [-0.2, -0.15) is 8.42 Å². The number of amides is 3. The Bertz CT molecular complexity index is 1320. The summed E-state index contributed by atoms with van der Waals surface area (Å²) in [7, 11) is -2.62. The molecule has 3 rings (SSSR count). The zero-order chi connectivity index (χ0) is 26.8. The number of ether oxygens (including phenoxy) is 2. The van der Waals surface area contributed by atoms with E-state index in [0.717, 1.165) is 0 Å². The summed E-state index contributed by atoms with van der Waals surface area (Å²) in [5.74, 6) is 1.03. The molecule has 0 bridgehead atoms. The van der Waals surface area contributed by atoms with Gasteiger partial charge in [0.05, 0.1) is 18.9 Å². The Labute approximate surface area is 220 Å². The normalized spacial score (nSPS) is 11.6. The number of methoxy groups -OCH3 is 1. The Hall–Kier alpha value is -4.14. The smallest absolute Gasteiger partial charge is 0.407 e. The first-order chi connectivity index (χ1) is 17.7. The van der Waals surface area contributed by atoms with Crippen LogP contribution in [-0.4, -0.2) is 45.3 Å². The molecule has 14 heteroatoms. The van der Waals surface area contributed by atoms with Crippen LogP contribution in [-0.2, 0) is 25.8 Å². The van der Waals surface area contributed by atoms with E-state index in [1.807, 2.05) is 0 Å². The molecule has 0 aliphatic carbocycles. The predicted octanol–water partition coefficient (Wildman–Crippen LogP) is 3.86. The van der Waals surface area contributed by atoms with Crippen molar-refractivity contribution in [3.8, 4) is 17.1 Å². The average molecular weight is 550 g/mol. The van der Waals surface area contributed by atoms with Crippen LogP contribution < -0.4 is 25.8 Å². The molecule has 3 amide bonds. The van der Waals surface area contributed by atoms with E-state index in [1.54, 1.807) is 55.6 Å². The van der Waals surface area contributed by atoms with Crippen molar-refractivity contribution in [2.24, 2.45) is 5.14 Å². The van der Waals surface area contributed by atoms with Gasteiger partial charge in [-0.05, 0) is 36.2 Å². The molecule has 0 aliphatic rings. The number of carbonyl (C=O) groups excluding carboxylic acids is 2. The highest BCUT2D eigenvalue weighted by Crippen LogP contribution is 2.32. The van der Waals surface area contributed by atoms with Crippen LogP contribution in [0.25, 0.3) is 11.3 Å². The van der Waals surface area contributed by atoms with E-state index in [2.05, 4.69) is 25.1 Å². The summed E-state index contributed by atoms with van der Waals surface area (Å²) in [4.78, 5) is 28.5. The SMILES string of the molecule is C.CCC(COS(N)(=O)=O)OC(=O)NCc1cccc(NC(=O)Nc2ccc(-c3cnco3)c(OC)c2)c1. The van der Waals surface area contributed by atoms with Crippen molar-refractivity contribution < 1.29 is 36.1 Å². The number of urea groups is 1. The molecule has 0 saturated carbocycles. The molecular weight excluding hydrogens is 518 g/mol. The molecule has 206 valence electrons. The Morgan fingerprint density at radius 3 is 2.50 bits per heavy atom. The summed E-state index contributed by atoms with van der Waals surface area (Å²) in [6.45, 7) is 1.42. The van der Waals surface area contributed by atoms with Crippen molar-refractivity contribution in [1.29, 1.82) is 0 Å². The van der Waals surface area contributed by atoms with Crippen molar-refractivity contribution in [3.05, 3.63) is 60.6 Å². The van der Waals surface area contributed by atoms with Gasteiger partial charge in [-0.25, -0.2) is 19.7 Å². The number of benzene rings is 2. The molecule has 1 aromatic heterocycles. The van der Waals surface area contributed by atoms with Crippen LogP contribution in [0.4, 0.5) is 21.0 Å². The maximum Gasteiger partial charge on any atom is 0.407 e. The van der Waals surface area contributed by atoms with E-state index in [-0.39, 0.29) is 20.6 Å². The minimum atomic E-state index is -4.13. The third-order valence-corrected chi connectivity index (χ3v) is 5.39. The minimum absolute atomic E-state index is 0. The lowest BCUT2D eigenvalue weighted by atomic mass is 10.1. The second-order valence-electron chi connectivity index (χ2n) is 7.63. The Morgan fingerprint density at radius 1 is 1.13 bits per heavy atom. The van der Waals surface area contributed by atoms with Gasteiger partial charge in [0.15, 0.2) is 12.2 Å². The van der Waals surface area contributed by atoms with Crippen LogP contribution >= 0.6 is 0 Å². The summed E-state index contributed by atoms with van der Waals surface area (Å²) in [5, 5.41) is 12.8. The lowest BCUT2D eigenvalue weighted by molar-refractivity contribution is 0.0643. The monoisotopic (exact) mass is 549 g/mol. The quantitative estimate of drug-likeness (QED) is 0.276. The molecule has 5 N–H and O–H groups in total. The van der Waals surface area contributed by atoms with Crippen molar-refractivity contribution in [3.63, 3.8) is 0 Å². The van der Waals surface area contributed by atoms with Gasteiger partial charge in [-0.1, -0.05) is 26.5 Å². The van der Waals surface area contributed by atoms with Gasteiger partial charge in [-0.15, -0.1) is 0 Å². The number of nitrogens with zero attached hydrogens (tertiary/aromatic N) is 1. The first-order valence-corrected chi connectivity index (χ1v) is 12.5. The Balaban J connectivity index is 0.00000507. The van der Waals surface area contributed by atoms with Crippen LogP contribution in [0, 0.1) is 0 Å². The molecule has 0 radical (unpaired) electrons. The topological polar surface area (TPSA) is 184 Å². The number of hydrogen-bond donors (Lipinski definition) is 4. The number of hydrogen-bond acceptors (Lipinski definition) is 9. The Kier molecular flexibility index (Phi) is 11.1. The molecule has 0 fully saturated rings.